The molecule has 2 N–H and O–H groups in total. The highest BCUT2D eigenvalue weighted by atomic mass is 16.3. The smallest absolute Gasteiger partial charge is 0.201 e. The van der Waals surface area contributed by atoms with E-state index in [1.807, 2.05) is 11.8 Å². The Morgan fingerprint density at radius 3 is 2.54 bits per heavy atom. The average Bonchev–Trinajstić information content (AvgIpc) is 2.60. The number of allylic oxidation sites excluding steroid dienone is 1. The number of rotatable bonds is 10. The Labute approximate surface area is 157 Å². The van der Waals surface area contributed by atoms with E-state index in [1.165, 1.54) is 6.92 Å². The predicted octanol–water partition coefficient (Wildman–Crippen LogP) is 3.01. The van der Waals surface area contributed by atoms with Gasteiger partial charge in [-0.2, -0.15) is 0 Å². The first-order valence-electron chi connectivity index (χ1n) is 9.77. The molecule has 0 amide bonds. The van der Waals surface area contributed by atoms with Crippen molar-refractivity contribution in [2.24, 2.45) is 5.92 Å². The molecule has 1 aliphatic heterocycles. The maximum absolute atomic E-state index is 12.8. The number of aliphatic hydroxyl groups excluding tert-OH is 1. The number of aliphatic hydroxyl groups is 2. The molecule has 0 aromatic carbocycles. The minimum atomic E-state index is -1.64. The first-order chi connectivity index (χ1) is 12.2. The van der Waals surface area contributed by atoms with Crippen molar-refractivity contribution in [3.05, 3.63) is 23.4 Å². The van der Waals surface area contributed by atoms with Crippen molar-refractivity contribution in [2.75, 3.05) is 13.2 Å². The van der Waals surface area contributed by atoms with Crippen LogP contribution in [-0.2, 0) is 9.59 Å². The van der Waals surface area contributed by atoms with E-state index in [9.17, 15) is 14.7 Å². The van der Waals surface area contributed by atoms with Gasteiger partial charge in [-0.25, -0.2) is 0 Å². The van der Waals surface area contributed by atoms with Crippen molar-refractivity contribution in [1.29, 1.82) is 0 Å². The van der Waals surface area contributed by atoms with Gasteiger partial charge in [-0.05, 0) is 39.0 Å². The molecule has 0 saturated carbocycles. The average molecular weight is 366 g/mol. The molecule has 0 radical (unpaired) electrons. The Kier molecular flexibility index (Phi) is 8.71. The maximum atomic E-state index is 12.8. The van der Waals surface area contributed by atoms with Crippen LogP contribution in [0.3, 0.4) is 0 Å². The van der Waals surface area contributed by atoms with E-state index < -0.39 is 17.4 Å². The Balaban J connectivity index is 3.27. The number of carbonyl (C=O) groups excluding carboxylic acids is 2. The molecule has 0 fully saturated rings. The van der Waals surface area contributed by atoms with Crippen LogP contribution in [0, 0.1) is 5.92 Å². The maximum Gasteiger partial charge on any atom is 0.201 e. The van der Waals surface area contributed by atoms with Gasteiger partial charge in [-0.1, -0.05) is 38.8 Å². The fourth-order valence-corrected chi connectivity index (χ4v) is 3.55. The largest absolute Gasteiger partial charge is 0.396 e. The van der Waals surface area contributed by atoms with Crippen LogP contribution in [0.5, 0.6) is 0 Å². The molecule has 0 spiro atoms. The summed E-state index contributed by atoms with van der Waals surface area (Å²) in [5, 5.41) is 20.1. The third-order valence-corrected chi connectivity index (χ3v) is 5.18. The zero-order valence-electron chi connectivity index (χ0n) is 16.9. The Morgan fingerprint density at radius 1 is 1.35 bits per heavy atom. The first-order valence-corrected chi connectivity index (χ1v) is 9.77. The molecule has 5 nitrogen and oxygen atoms in total. The molecule has 26 heavy (non-hydrogen) atoms. The van der Waals surface area contributed by atoms with Crippen LogP contribution in [-0.4, -0.2) is 51.5 Å². The summed E-state index contributed by atoms with van der Waals surface area (Å²) in [6.45, 7) is 10.2. The van der Waals surface area contributed by atoms with Crippen molar-refractivity contribution in [3.8, 4) is 0 Å². The molecule has 1 unspecified atom stereocenters. The Morgan fingerprint density at radius 2 is 2.00 bits per heavy atom. The van der Waals surface area contributed by atoms with Gasteiger partial charge in [0.15, 0.2) is 5.78 Å². The number of unbranched alkanes of at least 4 members (excludes halogenated alkanes) is 2. The second-order valence-corrected chi connectivity index (χ2v) is 7.52. The fraction of sp³-hybridized carbons (Fsp3) is 0.714. The van der Waals surface area contributed by atoms with Crippen LogP contribution in [0.2, 0.25) is 0 Å². The quantitative estimate of drug-likeness (QED) is 0.353. The van der Waals surface area contributed by atoms with Crippen LogP contribution in [0.15, 0.2) is 23.4 Å². The van der Waals surface area contributed by atoms with Gasteiger partial charge >= 0.3 is 0 Å². The number of hydrogen-bond acceptors (Lipinski definition) is 5. The molecule has 0 aliphatic carbocycles. The molecule has 148 valence electrons. The topological polar surface area (TPSA) is 77.8 Å². The van der Waals surface area contributed by atoms with E-state index in [2.05, 4.69) is 19.9 Å². The van der Waals surface area contributed by atoms with Gasteiger partial charge in [0.2, 0.25) is 5.78 Å². The normalized spacial score (nSPS) is 25.3. The minimum Gasteiger partial charge on any atom is -0.396 e. The molecule has 1 rings (SSSR count). The minimum absolute atomic E-state index is 0.0900. The summed E-state index contributed by atoms with van der Waals surface area (Å²) in [5.74, 6) is -0.379. The predicted molar refractivity (Wildman–Crippen MR) is 104 cm³/mol. The lowest BCUT2D eigenvalue weighted by atomic mass is 9.78. The number of ketones is 2. The van der Waals surface area contributed by atoms with Gasteiger partial charge in [-0.3, -0.25) is 9.59 Å². The van der Waals surface area contributed by atoms with Crippen molar-refractivity contribution < 1.29 is 19.8 Å². The summed E-state index contributed by atoms with van der Waals surface area (Å²) in [6.07, 6.45) is 7.36. The first kappa shape index (κ1) is 22.6. The highest BCUT2D eigenvalue weighted by Crippen LogP contribution is 2.33. The lowest BCUT2D eigenvalue weighted by molar-refractivity contribution is -0.140. The third-order valence-electron chi connectivity index (χ3n) is 5.18. The second-order valence-electron chi connectivity index (χ2n) is 7.52. The van der Waals surface area contributed by atoms with Gasteiger partial charge in [0.05, 0.1) is 11.6 Å². The monoisotopic (exact) mass is 365 g/mol. The van der Waals surface area contributed by atoms with Crippen LogP contribution >= 0.6 is 0 Å². The lowest BCUT2D eigenvalue weighted by Crippen LogP contribution is -2.59. The van der Waals surface area contributed by atoms with Gasteiger partial charge in [-0.15, -0.1) is 0 Å². The summed E-state index contributed by atoms with van der Waals surface area (Å²) < 4.78 is 0. The van der Waals surface area contributed by atoms with Gasteiger partial charge < -0.3 is 15.1 Å². The van der Waals surface area contributed by atoms with E-state index in [1.54, 1.807) is 13.1 Å². The molecule has 5 heteroatoms. The zero-order valence-corrected chi connectivity index (χ0v) is 16.9. The summed E-state index contributed by atoms with van der Waals surface area (Å²) >= 11 is 0. The summed E-state index contributed by atoms with van der Waals surface area (Å²) in [6, 6.07) is -0.480. The molecule has 0 aromatic heterocycles. The number of Topliss-reactive ketones (excluding diaryl/α,β-unsaturated/α-hetero) is 2. The number of carbonyl (C=O) groups is 2. The van der Waals surface area contributed by atoms with Crippen molar-refractivity contribution in [1.82, 2.24) is 4.90 Å². The standard InChI is InChI=1S/C21H35NO4/c1-6-15(3)13-16(4)19-21(5,26)20(25)17(18(24)7-2)14-22(19)11-9-8-10-12-23/h13-15,19,23,26H,6-12H2,1-5H3/t15?,19-,21+/m1/s1. The molecule has 0 saturated heterocycles. The van der Waals surface area contributed by atoms with E-state index in [0.29, 0.717) is 12.5 Å². The molecule has 0 aromatic rings. The Hall–Kier alpha value is -1.46. The summed E-state index contributed by atoms with van der Waals surface area (Å²) in [5.41, 5.74) is -0.605. The second kappa shape index (κ2) is 10.0. The van der Waals surface area contributed by atoms with E-state index in [0.717, 1.165) is 31.3 Å². The van der Waals surface area contributed by atoms with E-state index in [-0.39, 0.29) is 24.4 Å². The molecule has 3 atom stereocenters. The fourth-order valence-electron chi connectivity index (χ4n) is 3.55. The highest BCUT2D eigenvalue weighted by molar-refractivity contribution is 6.23. The van der Waals surface area contributed by atoms with Gasteiger partial charge in [0, 0.05) is 25.8 Å². The molecule has 0 bridgehead atoms. The van der Waals surface area contributed by atoms with Crippen LogP contribution in [0.4, 0.5) is 0 Å². The van der Waals surface area contributed by atoms with Gasteiger partial charge in [0.25, 0.3) is 0 Å². The lowest BCUT2D eigenvalue weighted by Gasteiger charge is -2.44. The third kappa shape index (κ3) is 5.27. The van der Waals surface area contributed by atoms with E-state index >= 15 is 0 Å². The van der Waals surface area contributed by atoms with Gasteiger partial charge in [0.1, 0.15) is 5.60 Å². The van der Waals surface area contributed by atoms with Crippen LogP contribution < -0.4 is 0 Å². The zero-order chi connectivity index (χ0) is 19.9. The molecular weight excluding hydrogens is 330 g/mol. The highest BCUT2D eigenvalue weighted by Gasteiger charge is 2.48. The van der Waals surface area contributed by atoms with Crippen molar-refractivity contribution in [3.63, 3.8) is 0 Å². The summed E-state index contributed by atoms with van der Waals surface area (Å²) in [7, 11) is 0. The SMILES string of the molecule is CCC(=O)C1=CN(CCCCCO)[C@H](C(C)=CC(C)CC)[C@](C)(O)C1=O. The Bertz CT molecular complexity index is 562. The summed E-state index contributed by atoms with van der Waals surface area (Å²) in [4.78, 5) is 27.0. The number of hydrogen-bond donors (Lipinski definition) is 2. The van der Waals surface area contributed by atoms with Crippen LogP contribution in [0.25, 0.3) is 0 Å². The van der Waals surface area contributed by atoms with Crippen molar-refractivity contribution in [2.45, 2.75) is 78.4 Å². The number of nitrogens with zero attached hydrogens (tertiary/aromatic N) is 1. The van der Waals surface area contributed by atoms with Crippen LogP contribution in [0.1, 0.15) is 66.7 Å². The molecule has 1 aliphatic rings. The van der Waals surface area contributed by atoms with E-state index in [4.69, 9.17) is 5.11 Å². The van der Waals surface area contributed by atoms with Crippen molar-refractivity contribution >= 4 is 11.6 Å². The molecule has 1 heterocycles. The molecular formula is C21H35NO4.